The lowest BCUT2D eigenvalue weighted by Gasteiger charge is -2.17. The van der Waals surface area contributed by atoms with E-state index in [0.29, 0.717) is 19.5 Å². The first-order valence-electron chi connectivity index (χ1n) is 8.49. The Morgan fingerprint density at radius 1 is 1.08 bits per heavy atom. The highest BCUT2D eigenvalue weighted by Gasteiger charge is 2.29. The zero-order chi connectivity index (χ0) is 18.6. The zero-order valence-corrected chi connectivity index (χ0v) is 15.8. The van der Waals surface area contributed by atoms with E-state index in [2.05, 4.69) is 0 Å². The van der Waals surface area contributed by atoms with Crippen molar-refractivity contribution in [2.24, 2.45) is 0 Å². The van der Waals surface area contributed by atoms with Crippen LogP contribution in [-0.4, -0.2) is 38.4 Å². The standard InChI is InChI=1S/C19H20ClNO4S/c20-17-9-8-16(14-18(17)26(23,24)21-11-4-5-12-21)19(22)25-13-10-15-6-2-1-3-7-15/h1-3,6-9,14H,4-5,10-13H2. The zero-order valence-electron chi connectivity index (χ0n) is 14.2. The van der Waals surface area contributed by atoms with Crippen LogP contribution < -0.4 is 0 Å². The maximum absolute atomic E-state index is 12.7. The van der Waals surface area contributed by atoms with Gasteiger partial charge in [-0.05, 0) is 36.6 Å². The van der Waals surface area contributed by atoms with Crippen LogP contribution in [0.5, 0.6) is 0 Å². The van der Waals surface area contributed by atoms with E-state index in [1.165, 1.54) is 22.5 Å². The summed E-state index contributed by atoms with van der Waals surface area (Å²) in [6, 6.07) is 13.9. The van der Waals surface area contributed by atoms with E-state index in [9.17, 15) is 13.2 Å². The van der Waals surface area contributed by atoms with Crippen LogP contribution in [0.15, 0.2) is 53.4 Å². The Labute approximate surface area is 158 Å². The SMILES string of the molecule is O=C(OCCc1ccccc1)c1ccc(Cl)c(S(=O)(=O)N2CCCC2)c1. The van der Waals surface area contributed by atoms with Gasteiger partial charge in [0, 0.05) is 19.5 Å². The van der Waals surface area contributed by atoms with Gasteiger partial charge in [-0.2, -0.15) is 4.31 Å². The van der Waals surface area contributed by atoms with Crippen molar-refractivity contribution >= 4 is 27.6 Å². The van der Waals surface area contributed by atoms with Crippen LogP contribution in [0.3, 0.4) is 0 Å². The molecule has 0 N–H and O–H groups in total. The van der Waals surface area contributed by atoms with E-state index in [0.717, 1.165) is 18.4 Å². The summed E-state index contributed by atoms with van der Waals surface area (Å²) in [7, 11) is -3.70. The van der Waals surface area contributed by atoms with Crippen LogP contribution in [0.25, 0.3) is 0 Å². The van der Waals surface area contributed by atoms with Gasteiger partial charge in [0.2, 0.25) is 10.0 Å². The van der Waals surface area contributed by atoms with Gasteiger partial charge in [0.25, 0.3) is 0 Å². The molecule has 0 unspecified atom stereocenters. The third kappa shape index (κ3) is 4.26. The number of esters is 1. The molecule has 0 spiro atoms. The number of nitrogens with zero attached hydrogens (tertiary/aromatic N) is 1. The highest BCUT2D eigenvalue weighted by molar-refractivity contribution is 7.89. The Morgan fingerprint density at radius 3 is 2.46 bits per heavy atom. The minimum atomic E-state index is -3.70. The number of hydrogen-bond donors (Lipinski definition) is 0. The minimum absolute atomic E-state index is 0.0430. The Kier molecular flexibility index (Phi) is 5.96. The van der Waals surface area contributed by atoms with Crippen LogP contribution >= 0.6 is 11.6 Å². The summed E-state index contributed by atoms with van der Waals surface area (Å²) in [6.45, 7) is 1.18. The Hall–Kier alpha value is -1.89. The average Bonchev–Trinajstić information content (AvgIpc) is 3.18. The molecule has 1 saturated heterocycles. The van der Waals surface area contributed by atoms with Gasteiger partial charge in [0.05, 0.1) is 17.2 Å². The van der Waals surface area contributed by atoms with Crippen molar-refractivity contribution in [1.29, 1.82) is 0 Å². The molecule has 0 atom stereocenters. The topological polar surface area (TPSA) is 63.7 Å². The molecule has 138 valence electrons. The number of hydrogen-bond acceptors (Lipinski definition) is 4. The fourth-order valence-corrected chi connectivity index (χ4v) is 4.90. The van der Waals surface area contributed by atoms with Crippen molar-refractivity contribution in [3.05, 3.63) is 64.7 Å². The molecule has 7 heteroatoms. The van der Waals surface area contributed by atoms with E-state index in [-0.39, 0.29) is 22.1 Å². The molecule has 0 radical (unpaired) electrons. The Morgan fingerprint density at radius 2 is 1.77 bits per heavy atom. The highest BCUT2D eigenvalue weighted by Crippen LogP contribution is 2.28. The molecule has 1 heterocycles. The molecule has 26 heavy (non-hydrogen) atoms. The lowest BCUT2D eigenvalue weighted by Crippen LogP contribution is -2.28. The average molecular weight is 394 g/mol. The molecule has 1 fully saturated rings. The summed E-state index contributed by atoms with van der Waals surface area (Å²) in [5.41, 5.74) is 1.24. The molecular weight excluding hydrogens is 374 g/mol. The van der Waals surface area contributed by atoms with Crippen molar-refractivity contribution in [3.63, 3.8) is 0 Å². The summed E-state index contributed by atoms with van der Waals surface area (Å²) in [5, 5.41) is 0.109. The number of carbonyl (C=O) groups is 1. The first-order chi connectivity index (χ1) is 12.5. The largest absolute Gasteiger partial charge is 0.462 e. The van der Waals surface area contributed by atoms with E-state index in [4.69, 9.17) is 16.3 Å². The molecule has 2 aromatic rings. The molecular formula is C19H20ClNO4S. The van der Waals surface area contributed by atoms with Crippen molar-refractivity contribution < 1.29 is 17.9 Å². The van der Waals surface area contributed by atoms with Crippen molar-refractivity contribution in [2.45, 2.75) is 24.2 Å². The fourth-order valence-electron chi connectivity index (χ4n) is 2.89. The second kappa shape index (κ2) is 8.20. The lowest BCUT2D eigenvalue weighted by atomic mass is 10.2. The first kappa shape index (κ1) is 18.9. The van der Waals surface area contributed by atoms with Crippen LogP contribution in [0.2, 0.25) is 5.02 Å². The molecule has 0 amide bonds. The summed E-state index contributed by atoms with van der Waals surface area (Å²) < 4.78 is 32.1. The Bertz CT molecular complexity index is 878. The number of benzene rings is 2. The number of rotatable bonds is 6. The molecule has 0 aliphatic carbocycles. The highest BCUT2D eigenvalue weighted by atomic mass is 35.5. The van der Waals surface area contributed by atoms with Gasteiger partial charge in [0.15, 0.2) is 0 Å². The van der Waals surface area contributed by atoms with Crippen molar-refractivity contribution in [2.75, 3.05) is 19.7 Å². The number of carbonyl (C=O) groups excluding carboxylic acids is 1. The predicted molar refractivity (Wildman–Crippen MR) is 99.9 cm³/mol. The van der Waals surface area contributed by atoms with Crippen LogP contribution in [0, 0.1) is 0 Å². The fraction of sp³-hybridized carbons (Fsp3) is 0.316. The third-order valence-electron chi connectivity index (χ3n) is 4.32. The molecule has 0 bridgehead atoms. The Balaban J connectivity index is 1.71. The number of halogens is 1. The first-order valence-corrected chi connectivity index (χ1v) is 10.3. The summed E-state index contributed by atoms with van der Waals surface area (Å²) in [5.74, 6) is -0.560. The van der Waals surface area contributed by atoms with Gasteiger partial charge in [-0.3, -0.25) is 0 Å². The van der Waals surface area contributed by atoms with Crippen molar-refractivity contribution in [1.82, 2.24) is 4.31 Å². The second-order valence-electron chi connectivity index (χ2n) is 6.13. The van der Waals surface area contributed by atoms with Crippen molar-refractivity contribution in [3.8, 4) is 0 Å². The van der Waals surface area contributed by atoms with Gasteiger partial charge >= 0.3 is 5.97 Å². The molecule has 1 aliphatic rings. The molecule has 0 saturated carbocycles. The molecule has 3 rings (SSSR count). The summed E-state index contributed by atoms with van der Waals surface area (Å²) >= 11 is 6.09. The predicted octanol–water partition coefficient (Wildman–Crippen LogP) is 3.52. The number of sulfonamides is 1. The molecule has 1 aliphatic heterocycles. The van der Waals surface area contributed by atoms with Crippen LogP contribution in [0.1, 0.15) is 28.8 Å². The van der Waals surface area contributed by atoms with Gasteiger partial charge in [-0.1, -0.05) is 41.9 Å². The molecule has 0 aromatic heterocycles. The van der Waals surface area contributed by atoms with Gasteiger partial charge in [-0.15, -0.1) is 0 Å². The van der Waals surface area contributed by atoms with E-state index in [1.54, 1.807) is 0 Å². The lowest BCUT2D eigenvalue weighted by molar-refractivity contribution is 0.0509. The summed E-state index contributed by atoms with van der Waals surface area (Å²) in [6.07, 6.45) is 2.26. The quantitative estimate of drug-likeness (QED) is 0.704. The van der Waals surface area contributed by atoms with Crippen LogP contribution in [-0.2, 0) is 21.2 Å². The molecule has 2 aromatic carbocycles. The maximum atomic E-state index is 12.7. The third-order valence-corrected chi connectivity index (χ3v) is 6.70. The van der Waals surface area contributed by atoms with Gasteiger partial charge in [-0.25, -0.2) is 13.2 Å². The van der Waals surface area contributed by atoms with Gasteiger partial charge < -0.3 is 4.74 Å². The van der Waals surface area contributed by atoms with E-state index < -0.39 is 16.0 Å². The second-order valence-corrected chi connectivity index (χ2v) is 8.44. The van der Waals surface area contributed by atoms with E-state index >= 15 is 0 Å². The van der Waals surface area contributed by atoms with Crippen LogP contribution in [0.4, 0.5) is 0 Å². The normalized spacial score (nSPS) is 15.1. The number of ether oxygens (including phenoxy) is 1. The van der Waals surface area contributed by atoms with E-state index in [1.807, 2.05) is 30.3 Å². The maximum Gasteiger partial charge on any atom is 0.338 e. The monoisotopic (exact) mass is 393 g/mol. The molecule has 5 nitrogen and oxygen atoms in total. The minimum Gasteiger partial charge on any atom is -0.462 e. The summed E-state index contributed by atoms with van der Waals surface area (Å²) in [4.78, 5) is 12.2. The van der Waals surface area contributed by atoms with Gasteiger partial charge in [0.1, 0.15) is 4.90 Å². The smallest absolute Gasteiger partial charge is 0.338 e.